The van der Waals surface area contributed by atoms with E-state index in [9.17, 15) is 14.9 Å². The summed E-state index contributed by atoms with van der Waals surface area (Å²) in [6.07, 6.45) is 1.48. The second kappa shape index (κ2) is 8.75. The average molecular weight is 465 g/mol. The molecule has 1 aromatic heterocycles. The van der Waals surface area contributed by atoms with E-state index in [1.165, 1.54) is 16.8 Å². The van der Waals surface area contributed by atoms with Crippen LogP contribution in [0.5, 0.6) is 11.5 Å². The molecule has 1 fully saturated rings. The molecule has 0 spiro atoms. The number of hydrogen-bond acceptors (Lipinski definition) is 8. The van der Waals surface area contributed by atoms with Gasteiger partial charge in [-0.25, -0.2) is 4.68 Å². The van der Waals surface area contributed by atoms with E-state index in [2.05, 4.69) is 15.6 Å². The number of hydrogen-bond donors (Lipinski definition) is 1. The molecule has 5 rings (SSSR count). The van der Waals surface area contributed by atoms with Gasteiger partial charge in [-0.05, 0) is 43.5 Å². The third-order valence-corrected chi connectivity index (χ3v) is 6.42. The topological polar surface area (TPSA) is 131 Å². The number of carbonyl (C=O) groups excluding carboxylic acids is 1. The number of carbonyl (C=O) groups is 1. The number of fused-ring (bicyclic) bond motifs is 1. The van der Waals surface area contributed by atoms with Gasteiger partial charge in [0.25, 0.3) is 11.6 Å². The Morgan fingerprint density at radius 2 is 1.97 bits per heavy atom. The number of benzene rings is 2. The number of rotatable bonds is 6. The van der Waals surface area contributed by atoms with Gasteiger partial charge in [-0.15, -0.1) is 5.10 Å². The summed E-state index contributed by atoms with van der Waals surface area (Å²) in [5.41, 5.74) is 1.78. The molecule has 11 nitrogen and oxygen atoms in total. The number of nitrogens with zero attached hydrogens (tertiary/aromatic N) is 4. The smallest absolute Gasteiger partial charge is 0.273 e. The van der Waals surface area contributed by atoms with Crippen LogP contribution in [0.1, 0.15) is 34.6 Å². The monoisotopic (exact) mass is 465 g/mol. The Hall–Kier alpha value is -3.99. The van der Waals surface area contributed by atoms with Gasteiger partial charge in [0, 0.05) is 37.3 Å². The van der Waals surface area contributed by atoms with Gasteiger partial charge in [-0.3, -0.25) is 14.9 Å². The minimum absolute atomic E-state index is 0.0661. The van der Waals surface area contributed by atoms with Gasteiger partial charge in [-0.2, -0.15) is 0 Å². The predicted molar refractivity (Wildman–Crippen MR) is 119 cm³/mol. The van der Waals surface area contributed by atoms with E-state index in [1.807, 2.05) is 18.2 Å². The van der Waals surface area contributed by atoms with Crippen molar-refractivity contribution in [1.29, 1.82) is 0 Å². The van der Waals surface area contributed by atoms with Crippen LogP contribution < -0.4 is 14.8 Å². The highest BCUT2D eigenvalue weighted by molar-refractivity contribution is 5.93. The maximum Gasteiger partial charge on any atom is 0.273 e. The minimum atomic E-state index is -0.479. The van der Waals surface area contributed by atoms with Crippen molar-refractivity contribution in [1.82, 2.24) is 20.3 Å². The van der Waals surface area contributed by atoms with Crippen molar-refractivity contribution >= 4 is 11.6 Å². The largest absolute Gasteiger partial charge is 0.454 e. The van der Waals surface area contributed by atoms with E-state index in [-0.39, 0.29) is 29.5 Å². The number of nitro benzene ring substituents is 1. The first kappa shape index (κ1) is 21.8. The van der Waals surface area contributed by atoms with E-state index < -0.39 is 4.92 Å². The summed E-state index contributed by atoms with van der Waals surface area (Å²) in [5.74, 6) is 1.05. The molecule has 0 aliphatic carbocycles. The lowest BCUT2D eigenvalue weighted by atomic mass is 9.74. The zero-order chi connectivity index (χ0) is 23.7. The van der Waals surface area contributed by atoms with Crippen molar-refractivity contribution in [2.45, 2.75) is 25.2 Å². The fraction of sp³-hybridized carbons (Fsp3) is 0.348. The van der Waals surface area contributed by atoms with Crippen LogP contribution in [0, 0.1) is 17.0 Å². The zero-order valence-corrected chi connectivity index (χ0v) is 18.5. The van der Waals surface area contributed by atoms with Gasteiger partial charge >= 0.3 is 0 Å². The third-order valence-electron chi connectivity index (χ3n) is 6.42. The second-order valence-electron chi connectivity index (χ2n) is 8.36. The third kappa shape index (κ3) is 3.94. The molecule has 1 N–H and O–H groups in total. The van der Waals surface area contributed by atoms with E-state index in [0.717, 1.165) is 18.4 Å². The van der Waals surface area contributed by atoms with Gasteiger partial charge < -0.3 is 19.5 Å². The van der Waals surface area contributed by atoms with Crippen LogP contribution in [-0.4, -0.2) is 52.4 Å². The lowest BCUT2D eigenvalue weighted by Crippen LogP contribution is -2.44. The fourth-order valence-electron chi connectivity index (χ4n) is 4.41. The first-order chi connectivity index (χ1) is 16.5. The lowest BCUT2D eigenvalue weighted by Gasteiger charge is -2.38. The summed E-state index contributed by atoms with van der Waals surface area (Å²) >= 11 is 0. The maximum absolute atomic E-state index is 13.1. The van der Waals surface area contributed by atoms with Gasteiger partial charge in [0.05, 0.1) is 16.3 Å². The number of amides is 1. The first-order valence-corrected chi connectivity index (χ1v) is 10.9. The Labute approximate surface area is 194 Å². The number of non-ortho nitro benzene ring substituents is 1. The quantitative estimate of drug-likeness (QED) is 0.434. The van der Waals surface area contributed by atoms with Crippen LogP contribution in [0.4, 0.5) is 5.69 Å². The predicted octanol–water partition coefficient (Wildman–Crippen LogP) is 2.69. The molecule has 3 aromatic rings. The molecule has 1 amide bonds. The van der Waals surface area contributed by atoms with Crippen molar-refractivity contribution in [3.63, 3.8) is 0 Å². The molecule has 2 aromatic carbocycles. The highest BCUT2D eigenvalue weighted by Crippen LogP contribution is 2.40. The summed E-state index contributed by atoms with van der Waals surface area (Å²) in [6, 6.07) is 11.9. The van der Waals surface area contributed by atoms with Crippen molar-refractivity contribution < 1.29 is 23.9 Å². The normalized spacial score (nSPS) is 16.3. The molecular weight excluding hydrogens is 442 g/mol. The SMILES string of the molecule is Cc1c(C(=O)NCC2(c3ccc4c(c3)OCO4)CCOCC2)nnn1-c1cccc([N+](=O)[O-])c1. The Kier molecular flexibility index (Phi) is 5.62. The summed E-state index contributed by atoms with van der Waals surface area (Å²) in [5, 5.41) is 22.2. The van der Waals surface area contributed by atoms with Gasteiger partial charge in [0.15, 0.2) is 17.2 Å². The van der Waals surface area contributed by atoms with Crippen LogP contribution in [0.2, 0.25) is 0 Å². The molecule has 0 saturated carbocycles. The van der Waals surface area contributed by atoms with Crippen LogP contribution >= 0.6 is 0 Å². The Bertz CT molecular complexity index is 1250. The number of aromatic nitrogens is 3. The molecule has 0 atom stereocenters. The molecule has 0 bridgehead atoms. The zero-order valence-electron chi connectivity index (χ0n) is 18.5. The van der Waals surface area contributed by atoms with Crippen molar-refractivity contribution in [3.05, 3.63) is 69.5 Å². The van der Waals surface area contributed by atoms with Gasteiger partial charge in [0.2, 0.25) is 6.79 Å². The molecule has 1 saturated heterocycles. The molecule has 2 aliphatic rings. The van der Waals surface area contributed by atoms with Crippen molar-refractivity contribution in [3.8, 4) is 17.2 Å². The molecule has 34 heavy (non-hydrogen) atoms. The second-order valence-corrected chi connectivity index (χ2v) is 8.36. The molecule has 0 radical (unpaired) electrons. The first-order valence-electron chi connectivity index (χ1n) is 10.9. The van der Waals surface area contributed by atoms with Crippen molar-refractivity contribution in [2.75, 3.05) is 26.6 Å². The average Bonchev–Trinajstić information content (AvgIpc) is 3.49. The van der Waals surface area contributed by atoms with Crippen molar-refractivity contribution in [2.24, 2.45) is 0 Å². The standard InChI is InChI=1S/C23H23N5O6/c1-15-21(25-26-27(15)17-3-2-4-18(12-17)28(30)31)22(29)24-13-23(7-9-32-10-8-23)16-5-6-19-20(11-16)34-14-33-19/h2-6,11-12H,7-10,13-14H2,1H3,(H,24,29). The van der Waals surface area contributed by atoms with Gasteiger partial charge in [0.1, 0.15) is 0 Å². The summed E-state index contributed by atoms with van der Waals surface area (Å²) in [7, 11) is 0. The number of nitrogens with one attached hydrogen (secondary N) is 1. The summed E-state index contributed by atoms with van der Waals surface area (Å²) in [6.45, 7) is 3.47. The molecular formula is C23H23N5O6. The molecule has 11 heteroatoms. The van der Waals surface area contributed by atoms with E-state index in [4.69, 9.17) is 14.2 Å². The maximum atomic E-state index is 13.1. The molecule has 3 heterocycles. The van der Waals surface area contributed by atoms with Crippen LogP contribution in [0.15, 0.2) is 42.5 Å². The Morgan fingerprint density at radius 3 is 2.76 bits per heavy atom. The molecule has 176 valence electrons. The minimum Gasteiger partial charge on any atom is -0.454 e. The Morgan fingerprint density at radius 1 is 1.18 bits per heavy atom. The number of nitro groups is 1. The molecule has 2 aliphatic heterocycles. The summed E-state index contributed by atoms with van der Waals surface area (Å²) in [4.78, 5) is 23.7. The number of ether oxygens (including phenoxy) is 3. The van der Waals surface area contributed by atoms with E-state index in [1.54, 1.807) is 19.1 Å². The Balaban J connectivity index is 1.37. The molecule has 0 unspecified atom stereocenters. The van der Waals surface area contributed by atoms with Crippen LogP contribution in [0.25, 0.3) is 5.69 Å². The van der Waals surface area contributed by atoms with E-state index in [0.29, 0.717) is 42.6 Å². The van der Waals surface area contributed by atoms with Crippen LogP contribution in [0.3, 0.4) is 0 Å². The van der Waals surface area contributed by atoms with Gasteiger partial charge in [-0.1, -0.05) is 17.3 Å². The van der Waals surface area contributed by atoms with Crippen LogP contribution in [-0.2, 0) is 10.2 Å². The highest BCUT2D eigenvalue weighted by atomic mass is 16.7. The highest BCUT2D eigenvalue weighted by Gasteiger charge is 2.36. The fourth-order valence-corrected chi connectivity index (χ4v) is 4.41. The lowest BCUT2D eigenvalue weighted by molar-refractivity contribution is -0.384. The van der Waals surface area contributed by atoms with E-state index >= 15 is 0 Å². The summed E-state index contributed by atoms with van der Waals surface area (Å²) < 4.78 is 18.0.